The van der Waals surface area contributed by atoms with Gasteiger partial charge in [-0.15, -0.1) is 11.3 Å². The predicted octanol–water partition coefficient (Wildman–Crippen LogP) is 3.58. The summed E-state index contributed by atoms with van der Waals surface area (Å²) in [5.74, 6) is -0.353. The van der Waals surface area contributed by atoms with Crippen LogP contribution in [0.15, 0.2) is 42.1 Å². The molecule has 2 aliphatic rings. The molecule has 1 atom stereocenters. The number of hydrogen-bond acceptors (Lipinski definition) is 6. The molecule has 29 heavy (non-hydrogen) atoms. The van der Waals surface area contributed by atoms with Gasteiger partial charge >= 0.3 is 6.09 Å². The molecule has 2 amide bonds. The number of nitrogens with one attached hydrogen (secondary N) is 1. The van der Waals surface area contributed by atoms with Gasteiger partial charge < -0.3 is 15.0 Å². The van der Waals surface area contributed by atoms with Crippen molar-refractivity contribution in [2.45, 2.75) is 31.8 Å². The van der Waals surface area contributed by atoms with Crippen LogP contribution in [0, 0.1) is 11.3 Å². The molecule has 7 nitrogen and oxygen atoms in total. The van der Waals surface area contributed by atoms with Crippen LogP contribution in [0.25, 0.3) is 0 Å². The van der Waals surface area contributed by atoms with E-state index in [0.29, 0.717) is 35.4 Å². The first-order valence-corrected chi connectivity index (χ1v) is 10.2. The van der Waals surface area contributed by atoms with Gasteiger partial charge in [-0.2, -0.15) is 5.26 Å². The van der Waals surface area contributed by atoms with Gasteiger partial charge in [0.05, 0.1) is 5.56 Å². The topological polar surface area (TPSA) is 94.8 Å². The summed E-state index contributed by atoms with van der Waals surface area (Å²) in [4.78, 5) is 30.8. The summed E-state index contributed by atoms with van der Waals surface area (Å²) in [5.41, 5.74) is 1.99. The largest absolute Gasteiger partial charge is 0.446 e. The van der Waals surface area contributed by atoms with E-state index in [0.717, 1.165) is 30.0 Å². The lowest BCUT2D eigenvalue weighted by Gasteiger charge is -2.32. The zero-order valence-electron chi connectivity index (χ0n) is 16.0. The number of carbonyl (C=O) groups is 2. The Labute approximate surface area is 173 Å². The van der Waals surface area contributed by atoms with Crippen molar-refractivity contribution in [1.29, 1.82) is 5.26 Å². The normalized spacial score (nSPS) is 18.0. The second-order valence-electron chi connectivity index (χ2n) is 6.77. The van der Waals surface area contributed by atoms with Crippen LogP contribution in [0.3, 0.4) is 0 Å². The van der Waals surface area contributed by atoms with Crippen LogP contribution in [0.2, 0.25) is 0 Å². The molecule has 1 aromatic heterocycles. The fraction of sp³-hybridized carbons (Fsp3) is 0.333. The van der Waals surface area contributed by atoms with Crippen LogP contribution in [0.1, 0.15) is 28.8 Å². The van der Waals surface area contributed by atoms with Crippen LogP contribution in [0.4, 0.5) is 9.80 Å². The molecule has 2 heterocycles. The SMILES string of the molecule is C=CN=CC(=C)/C=C/C(=O)Nc1sc2c(c1C#N)CCC(OC(=O)N1CCC1)C2. The van der Waals surface area contributed by atoms with Crippen molar-refractivity contribution in [3.05, 3.63) is 53.1 Å². The molecule has 3 rings (SSSR count). The summed E-state index contributed by atoms with van der Waals surface area (Å²) in [6, 6.07) is 2.20. The van der Waals surface area contributed by atoms with Gasteiger partial charge in [0.15, 0.2) is 0 Å². The van der Waals surface area contributed by atoms with Gasteiger partial charge in [0.2, 0.25) is 5.91 Å². The highest BCUT2D eigenvalue weighted by Crippen LogP contribution is 2.38. The summed E-state index contributed by atoms with van der Waals surface area (Å²) >= 11 is 1.37. The Morgan fingerprint density at radius 3 is 2.83 bits per heavy atom. The van der Waals surface area contributed by atoms with Crippen LogP contribution in [-0.2, 0) is 22.4 Å². The Kier molecular flexibility index (Phi) is 6.62. The zero-order valence-corrected chi connectivity index (χ0v) is 16.8. The molecule has 0 spiro atoms. The van der Waals surface area contributed by atoms with Crippen molar-refractivity contribution >= 4 is 34.6 Å². The smallest absolute Gasteiger partial charge is 0.410 e. The molecular weight excluding hydrogens is 388 g/mol. The molecule has 1 saturated heterocycles. The summed E-state index contributed by atoms with van der Waals surface area (Å²) in [7, 11) is 0. The molecule has 0 saturated carbocycles. The predicted molar refractivity (Wildman–Crippen MR) is 113 cm³/mol. The van der Waals surface area contributed by atoms with Gasteiger partial charge in [-0.3, -0.25) is 9.79 Å². The number of aliphatic imine (C=N–C) groups is 1. The van der Waals surface area contributed by atoms with Crippen molar-refractivity contribution in [2.75, 3.05) is 18.4 Å². The Bertz CT molecular complexity index is 934. The Hall–Kier alpha value is -3.18. The summed E-state index contributed by atoms with van der Waals surface area (Å²) in [6.45, 7) is 8.73. The molecule has 0 radical (unpaired) electrons. The molecule has 1 aromatic rings. The van der Waals surface area contributed by atoms with Crippen LogP contribution >= 0.6 is 11.3 Å². The van der Waals surface area contributed by atoms with Crippen molar-refractivity contribution in [3.63, 3.8) is 0 Å². The highest BCUT2D eigenvalue weighted by Gasteiger charge is 2.30. The molecule has 1 aliphatic heterocycles. The average molecular weight is 410 g/mol. The quantitative estimate of drug-likeness (QED) is 0.440. The number of thiophene rings is 1. The summed E-state index contributed by atoms with van der Waals surface area (Å²) < 4.78 is 5.60. The number of likely N-dealkylation sites (tertiary alicyclic amines) is 1. The van der Waals surface area contributed by atoms with E-state index in [1.807, 2.05) is 0 Å². The maximum absolute atomic E-state index is 12.2. The van der Waals surface area contributed by atoms with E-state index in [-0.39, 0.29) is 18.1 Å². The number of nitrogens with zero attached hydrogens (tertiary/aromatic N) is 3. The van der Waals surface area contributed by atoms with Crippen LogP contribution in [0.5, 0.6) is 0 Å². The van der Waals surface area contributed by atoms with E-state index in [9.17, 15) is 14.9 Å². The monoisotopic (exact) mass is 410 g/mol. The highest BCUT2D eigenvalue weighted by molar-refractivity contribution is 7.16. The van der Waals surface area contributed by atoms with Gasteiger partial charge in [-0.1, -0.05) is 13.2 Å². The summed E-state index contributed by atoms with van der Waals surface area (Å²) in [6.07, 6.45) is 8.19. The minimum atomic E-state index is -0.353. The third-order valence-electron chi connectivity index (χ3n) is 4.74. The van der Waals surface area contributed by atoms with Crippen molar-refractivity contribution in [2.24, 2.45) is 4.99 Å². The summed E-state index contributed by atoms with van der Waals surface area (Å²) in [5, 5.41) is 12.9. The number of ether oxygens (including phenoxy) is 1. The number of amides is 2. The lowest BCUT2D eigenvalue weighted by atomic mass is 9.94. The number of fused-ring (bicyclic) bond motifs is 1. The first-order valence-electron chi connectivity index (χ1n) is 9.34. The maximum Gasteiger partial charge on any atom is 0.410 e. The minimum Gasteiger partial charge on any atom is -0.446 e. The first kappa shape index (κ1) is 20.6. The van der Waals surface area contributed by atoms with Gasteiger partial charge in [0, 0.05) is 42.9 Å². The Morgan fingerprint density at radius 1 is 1.38 bits per heavy atom. The van der Waals surface area contributed by atoms with Crippen molar-refractivity contribution in [1.82, 2.24) is 4.90 Å². The third-order valence-corrected chi connectivity index (χ3v) is 5.91. The molecule has 0 aromatic carbocycles. The maximum atomic E-state index is 12.2. The van der Waals surface area contributed by atoms with Gasteiger partial charge in [0.1, 0.15) is 17.2 Å². The fourth-order valence-corrected chi connectivity index (χ4v) is 4.37. The second-order valence-corrected chi connectivity index (χ2v) is 7.87. The number of hydrogen-bond donors (Lipinski definition) is 1. The average Bonchev–Trinajstić information content (AvgIpc) is 2.99. The number of anilines is 1. The third kappa shape index (κ3) is 5.00. The molecular formula is C21H22N4O3S. The zero-order chi connectivity index (χ0) is 20.8. The van der Waals surface area contributed by atoms with Crippen molar-refractivity contribution in [3.8, 4) is 6.07 Å². The minimum absolute atomic E-state index is 0.197. The number of carbonyl (C=O) groups excluding carboxylic acids is 2. The Balaban J connectivity index is 1.65. The first-order chi connectivity index (χ1) is 14.0. The Morgan fingerprint density at radius 2 is 2.17 bits per heavy atom. The van der Waals surface area contributed by atoms with E-state index >= 15 is 0 Å². The van der Waals surface area contributed by atoms with Crippen LogP contribution in [-0.4, -0.2) is 42.3 Å². The van der Waals surface area contributed by atoms with Crippen LogP contribution < -0.4 is 5.32 Å². The van der Waals surface area contributed by atoms with E-state index in [4.69, 9.17) is 4.74 Å². The molecule has 150 valence electrons. The van der Waals surface area contributed by atoms with Crippen molar-refractivity contribution < 1.29 is 14.3 Å². The van der Waals surface area contributed by atoms with E-state index in [1.165, 1.54) is 35.9 Å². The van der Waals surface area contributed by atoms with E-state index in [1.54, 1.807) is 4.90 Å². The standard InChI is InChI=1S/C21H22N4O3S/c1-3-23-13-14(2)5-8-19(26)24-20-17(12-22)16-7-6-15(11-18(16)29-20)28-21(27)25-9-4-10-25/h3,5,8,13,15H,1-2,4,6-7,9-11H2,(H,24,26)/b8-5+,23-13?. The molecule has 0 bridgehead atoms. The highest BCUT2D eigenvalue weighted by atomic mass is 32.1. The number of allylic oxidation sites excluding steroid dienone is 2. The molecule has 1 N–H and O–H groups in total. The fourth-order valence-electron chi connectivity index (χ4n) is 3.11. The van der Waals surface area contributed by atoms with Gasteiger partial charge in [-0.25, -0.2) is 4.79 Å². The number of nitriles is 1. The van der Waals surface area contributed by atoms with E-state index in [2.05, 4.69) is 29.5 Å². The van der Waals surface area contributed by atoms with E-state index < -0.39 is 0 Å². The lowest BCUT2D eigenvalue weighted by Crippen LogP contribution is -2.44. The number of rotatable bonds is 6. The molecule has 8 heteroatoms. The van der Waals surface area contributed by atoms with Gasteiger partial charge in [0.25, 0.3) is 0 Å². The molecule has 1 fully saturated rings. The molecule has 1 aliphatic carbocycles. The second kappa shape index (κ2) is 9.34. The molecule has 1 unspecified atom stereocenters. The lowest BCUT2D eigenvalue weighted by molar-refractivity contribution is -0.111. The van der Waals surface area contributed by atoms with Gasteiger partial charge in [-0.05, 0) is 36.5 Å².